The first-order valence-corrected chi connectivity index (χ1v) is 6.63. The summed E-state index contributed by atoms with van der Waals surface area (Å²) in [4.78, 5) is 12.5. The van der Waals surface area contributed by atoms with Gasteiger partial charge in [0.05, 0.1) is 0 Å². The molecule has 3 rings (SSSR count). The molecule has 2 aromatic carbocycles. The van der Waals surface area contributed by atoms with Gasteiger partial charge in [-0.25, -0.2) is 9.97 Å². The van der Waals surface area contributed by atoms with Crippen molar-refractivity contribution in [3.63, 3.8) is 0 Å². The Labute approximate surface area is 127 Å². The van der Waals surface area contributed by atoms with E-state index in [2.05, 4.69) is 25.6 Å². The third-order valence-corrected chi connectivity index (χ3v) is 2.86. The zero-order valence-electron chi connectivity index (χ0n) is 11.7. The number of hydrogen-bond acceptors (Lipinski definition) is 7. The quantitative estimate of drug-likeness (QED) is 0.546. The highest BCUT2D eigenvalue weighted by atomic mass is 15.2. The summed E-state index contributed by atoms with van der Waals surface area (Å²) in [5.41, 5.74) is 14.4. The molecule has 0 aliphatic rings. The Morgan fingerprint density at radius 3 is 1.68 bits per heavy atom. The summed E-state index contributed by atoms with van der Waals surface area (Å²) in [6.45, 7) is 0. The normalized spacial score (nSPS) is 10.2. The van der Waals surface area contributed by atoms with Gasteiger partial charge < -0.3 is 22.1 Å². The van der Waals surface area contributed by atoms with E-state index in [1.807, 2.05) is 36.4 Å². The van der Waals surface area contributed by atoms with Crippen LogP contribution in [-0.4, -0.2) is 15.0 Å². The topological polar surface area (TPSA) is 115 Å². The minimum Gasteiger partial charge on any atom is -0.399 e. The first-order chi connectivity index (χ1) is 10.7. The SMILES string of the molecule is Nc1cccc(Nc2ncnc(Nc3cccc(N)c3)n2)c1. The van der Waals surface area contributed by atoms with Crippen LogP contribution in [0, 0.1) is 0 Å². The third-order valence-electron chi connectivity index (χ3n) is 2.86. The molecule has 0 radical (unpaired) electrons. The molecule has 0 unspecified atom stereocenters. The van der Waals surface area contributed by atoms with Crippen LogP contribution in [0.15, 0.2) is 54.9 Å². The zero-order chi connectivity index (χ0) is 15.4. The first kappa shape index (κ1) is 13.6. The predicted octanol–water partition coefficient (Wildman–Crippen LogP) is 2.52. The van der Waals surface area contributed by atoms with Crippen LogP contribution < -0.4 is 22.1 Å². The molecule has 0 bridgehead atoms. The van der Waals surface area contributed by atoms with Crippen LogP contribution in [0.2, 0.25) is 0 Å². The summed E-state index contributed by atoms with van der Waals surface area (Å²) < 4.78 is 0. The second-order valence-electron chi connectivity index (χ2n) is 4.63. The van der Waals surface area contributed by atoms with E-state index in [-0.39, 0.29) is 0 Å². The van der Waals surface area contributed by atoms with E-state index >= 15 is 0 Å². The van der Waals surface area contributed by atoms with Crippen LogP contribution in [0.1, 0.15) is 0 Å². The second-order valence-corrected chi connectivity index (χ2v) is 4.63. The second kappa shape index (κ2) is 5.96. The van der Waals surface area contributed by atoms with Gasteiger partial charge in [0.1, 0.15) is 6.33 Å². The van der Waals surface area contributed by atoms with Crippen molar-refractivity contribution in [2.75, 3.05) is 22.1 Å². The lowest BCUT2D eigenvalue weighted by atomic mass is 10.3. The maximum Gasteiger partial charge on any atom is 0.232 e. The Morgan fingerprint density at radius 1 is 0.727 bits per heavy atom. The fourth-order valence-electron chi connectivity index (χ4n) is 1.91. The molecule has 6 N–H and O–H groups in total. The fourth-order valence-corrected chi connectivity index (χ4v) is 1.91. The number of nitrogen functional groups attached to an aromatic ring is 2. The van der Waals surface area contributed by atoms with Crippen LogP contribution in [0.5, 0.6) is 0 Å². The molecule has 110 valence electrons. The van der Waals surface area contributed by atoms with Gasteiger partial charge >= 0.3 is 0 Å². The summed E-state index contributed by atoms with van der Waals surface area (Å²) in [5.74, 6) is 0.846. The molecule has 7 heteroatoms. The fraction of sp³-hybridized carbons (Fsp3) is 0. The zero-order valence-corrected chi connectivity index (χ0v) is 11.7. The largest absolute Gasteiger partial charge is 0.399 e. The van der Waals surface area contributed by atoms with Gasteiger partial charge in [0.15, 0.2) is 0 Å². The van der Waals surface area contributed by atoms with E-state index < -0.39 is 0 Å². The summed E-state index contributed by atoms with van der Waals surface area (Å²) in [6, 6.07) is 14.7. The summed E-state index contributed by atoms with van der Waals surface area (Å²) in [5, 5.41) is 6.15. The molecule has 7 nitrogen and oxygen atoms in total. The van der Waals surface area contributed by atoms with Crippen molar-refractivity contribution >= 4 is 34.6 Å². The van der Waals surface area contributed by atoms with Crippen molar-refractivity contribution in [2.45, 2.75) is 0 Å². The number of rotatable bonds is 4. The van der Waals surface area contributed by atoms with Gasteiger partial charge in [0, 0.05) is 22.7 Å². The Morgan fingerprint density at radius 2 is 1.23 bits per heavy atom. The monoisotopic (exact) mass is 293 g/mol. The van der Waals surface area contributed by atoms with Crippen LogP contribution in [0.4, 0.5) is 34.6 Å². The minimum absolute atomic E-state index is 0.423. The number of hydrogen-bond donors (Lipinski definition) is 4. The number of nitrogens with one attached hydrogen (secondary N) is 2. The molecule has 0 saturated heterocycles. The van der Waals surface area contributed by atoms with Gasteiger partial charge in [-0.2, -0.15) is 4.98 Å². The predicted molar refractivity (Wildman–Crippen MR) is 88.1 cm³/mol. The van der Waals surface area contributed by atoms with Crippen LogP contribution in [-0.2, 0) is 0 Å². The molecular weight excluding hydrogens is 278 g/mol. The van der Waals surface area contributed by atoms with E-state index in [0.29, 0.717) is 23.3 Å². The molecule has 0 amide bonds. The first-order valence-electron chi connectivity index (χ1n) is 6.63. The maximum atomic E-state index is 5.74. The smallest absolute Gasteiger partial charge is 0.232 e. The van der Waals surface area contributed by atoms with Crippen molar-refractivity contribution in [1.82, 2.24) is 15.0 Å². The highest BCUT2D eigenvalue weighted by Crippen LogP contribution is 2.18. The van der Waals surface area contributed by atoms with E-state index in [1.54, 1.807) is 12.1 Å². The van der Waals surface area contributed by atoms with Crippen LogP contribution in [0.3, 0.4) is 0 Å². The van der Waals surface area contributed by atoms with Gasteiger partial charge in [-0.15, -0.1) is 0 Å². The van der Waals surface area contributed by atoms with E-state index in [0.717, 1.165) is 11.4 Å². The van der Waals surface area contributed by atoms with Crippen molar-refractivity contribution in [2.24, 2.45) is 0 Å². The molecule has 0 fully saturated rings. The Hall–Kier alpha value is -3.35. The third kappa shape index (κ3) is 3.40. The molecule has 0 spiro atoms. The van der Waals surface area contributed by atoms with Crippen LogP contribution >= 0.6 is 0 Å². The molecule has 0 saturated carbocycles. The Balaban J connectivity index is 1.78. The van der Waals surface area contributed by atoms with Crippen molar-refractivity contribution in [1.29, 1.82) is 0 Å². The summed E-state index contributed by atoms with van der Waals surface area (Å²) >= 11 is 0. The standard InChI is InChI=1S/C15H15N7/c16-10-3-1-5-12(7-10)20-14-18-9-19-15(22-14)21-13-6-2-4-11(17)8-13/h1-9H,16-17H2,(H2,18,19,20,21,22). The van der Waals surface area contributed by atoms with Crippen molar-refractivity contribution in [3.8, 4) is 0 Å². The number of benzene rings is 2. The number of nitrogens with two attached hydrogens (primary N) is 2. The van der Waals surface area contributed by atoms with Gasteiger partial charge in [0.25, 0.3) is 0 Å². The summed E-state index contributed by atoms with van der Waals surface area (Å²) in [7, 11) is 0. The van der Waals surface area contributed by atoms with Gasteiger partial charge in [-0.3, -0.25) is 0 Å². The van der Waals surface area contributed by atoms with Gasteiger partial charge in [-0.1, -0.05) is 12.1 Å². The molecule has 0 aliphatic heterocycles. The number of aromatic nitrogens is 3. The lowest BCUT2D eigenvalue weighted by Gasteiger charge is -2.08. The lowest BCUT2D eigenvalue weighted by molar-refractivity contribution is 1.06. The summed E-state index contributed by atoms with van der Waals surface area (Å²) in [6.07, 6.45) is 1.43. The Bertz CT molecular complexity index is 725. The molecule has 0 aliphatic carbocycles. The van der Waals surface area contributed by atoms with Gasteiger partial charge in [0.2, 0.25) is 11.9 Å². The Kier molecular flexibility index (Phi) is 3.69. The average Bonchev–Trinajstić information content (AvgIpc) is 2.47. The van der Waals surface area contributed by atoms with Gasteiger partial charge in [-0.05, 0) is 36.4 Å². The van der Waals surface area contributed by atoms with E-state index in [1.165, 1.54) is 6.33 Å². The molecule has 1 aromatic heterocycles. The molecule has 0 atom stereocenters. The van der Waals surface area contributed by atoms with Crippen LogP contribution in [0.25, 0.3) is 0 Å². The van der Waals surface area contributed by atoms with Crippen molar-refractivity contribution in [3.05, 3.63) is 54.9 Å². The van der Waals surface area contributed by atoms with Crippen molar-refractivity contribution < 1.29 is 0 Å². The highest BCUT2D eigenvalue weighted by Gasteiger charge is 2.02. The molecule has 22 heavy (non-hydrogen) atoms. The van der Waals surface area contributed by atoms with E-state index in [4.69, 9.17) is 11.5 Å². The minimum atomic E-state index is 0.423. The number of anilines is 6. The highest BCUT2D eigenvalue weighted by molar-refractivity contribution is 5.62. The molecule has 1 heterocycles. The van der Waals surface area contributed by atoms with E-state index in [9.17, 15) is 0 Å². The molecular formula is C15H15N7. The lowest BCUT2D eigenvalue weighted by Crippen LogP contribution is -2.03. The molecule has 3 aromatic rings. The average molecular weight is 293 g/mol. The number of nitrogens with zero attached hydrogens (tertiary/aromatic N) is 3. The maximum absolute atomic E-state index is 5.74.